The molecular formula is C24H22BrFN2O4. The van der Waals surface area contributed by atoms with E-state index in [0.717, 1.165) is 30.5 Å². The van der Waals surface area contributed by atoms with Gasteiger partial charge in [0.2, 0.25) is 5.76 Å². The van der Waals surface area contributed by atoms with Gasteiger partial charge in [0.25, 0.3) is 5.91 Å². The molecule has 166 valence electrons. The maximum atomic E-state index is 14.1. The quantitative estimate of drug-likeness (QED) is 0.530. The van der Waals surface area contributed by atoms with Crippen LogP contribution in [0.2, 0.25) is 0 Å². The van der Waals surface area contributed by atoms with Crippen molar-refractivity contribution >= 4 is 32.8 Å². The van der Waals surface area contributed by atoms with Crippen LogP contribution in [0.15, 0.2) is 56.1 Å². The Morgan fingerprint density at radius 2 is 1.88 bits per heavy atom. The second-order valence-corrected chi connectivity index (χ2v) is 8.99. The van der Waals surface area contributed by atoms with Crippen LogP contribution in [0.4, 0.5) is 4.39 Å². The fraction of sp³-hybridized carbons (Fsp3) is 0.333. The van der Waals surface area contributed by atoms with Crippen LogP contribution < -0.4 is 5.43 Å². The van der Waals surface area contributed by atoms with Gasteiger partial charge in [-0.15, -0.1) is 0 Å². The van der Waals surface area contributed by atoms with Crippen molar-refractivity contribution in [1.82, 2.24) is 9.80 Å². The Kier molecular flexibility index (Phi) is 5.84. The van der Waals surface area contributed by atoms with Crippen molar-refractivity contribution in [3.8, 4) is 0 Å². The number of ether oxygens (including phenoxy) is 1. The molecule has 0 bridgehead atoms. The maximum absolute atomic E-state index is 14.1. The van der Waals surface area contributed by atoms with Crippen LogP contribution in [0.25, 0.3) is 11.0 Å². The Morgan fingerprint density at radius 3 is 2.66 bits per heavy atom. The fourth-order valence-corrected chi connectivity index (χ4v) is 4.90. The fourth-order valence-electron chi connectivity index (χ4n) is 4.54. The Labute approximate surface area is 192 Å². The number of nitrogens with zero attached hydrogens (tertiary/aromatic N) is 2. The number of benzene rings is 2. The number of morpholine rings is 1. The first-order chi connectivity index (χ1) is 15.5. The second kappa shape index (κ2) is 8.77. The molecule has 0 saturated carbocycles. The summed E-state index contributed by atoms with van der Waals surface area (Å²) in [7, 11) is 0. The normalized spacial score (nSPS) is 19.0. The standard InChI is InChI=1S/C24H22BrFN2O4/c25-16-5-6-19-18(14-16)22(29)20-21(15-3-1-4-17(26)13-15)28(24(30)23(20)32-19)8-2-7-27-9-11-31-12-10-27/h1,3-6,13-14,21H,2,7-12H2/t21-/m1/s1. The van der Waals surface area contributed by atoms with Gasteiger partial charge >= 0.3 is 0 Å². The summed E-state index contributed by atoms with van der Waals surface area (Å²) in [6.07, 6.45) is 0.727. The van der Waals surface area contributed by atoms with Crippen molar-refractivity contribution in [2.24, 2.45) is 0 Å². The number of fused-ring (bicyclic) bond motifs is 2. The average Bonchev–Trinajstić information content (AvgIpc) is 3.07. The molecular weight excluding hydrogens is 479 g/mol. The molecule has 1 atom stereocenters. The highest BCUT2D eigenvalue weighted by molar-refractivity contribution is 9.10. The van der Waals surface area contributed by atoms with E-state index in [0.29, 0.717) is 36.3 Å². The summed E-state index contributed by atoms with van der Waals surface area (Å²) in [6.45, 7) is 4.39. The molecule has 0 radical (unpaired) electrons. The molecule has 2 aliphatic rings. The van der Waals surface area contributed by atoms with Gasteiger partial charge in [-0.2, -0.15) is 0 Å². The molecule has 1 fully saturated rings. The average molecular weight is 501 g/mol. The third kappa shape index (κ3) is 3.87. The van der Waals surface area contributed by atoms with Crippen molar-refractivity contribution in [3.05, 3.63) is 79.9 Å². The molecule has 32 heavy (non-hydrogen) atoms. The summed E-state index contributed by atoms with van der Waals surface area (Å²) in [5.74, 6) is -0.701. The first-order valence-electron chi connectivity index (χ1n) is 10.7. The largest absolute Gasteiger partial charge is 0.450 e. The minimum Gasteiger partial charge on any atom is -0.450 e. The molecule has 0 unspecified atom stereocenters. The SMILES string of the molecule is O=C1c2oc3ccc(Br)cc3c(=O)c2[C@@H](c2cccc(F)c2)N1CCCN1CCOCC1. The third-order valence-corrected chi connectivity index (χ3v) is 6.56. The molecule has 3 aromatic rings. The molecule has 2 aromatic carbocycles. The minimum absolute atomic E-state index is 0.0467. The van der Waals surface area contributed by atoms with Gasteiger partial charge in [0.05, 0.1) is 30.2 Å². The van der Waals surface area contributed by atoms with E-state index in [1.165, 1.54) is 12.1 Å². The van der Waals surface area contributed by atoms with Crippen LogP contribution in [0, 0.1) is 5.82 Å². The Morgan fingerprint density at radius 1 is 1.06 bits per heavy atom. The van der Waals surface area contributed by atoms with E-state index in [9.17, 15) is 14.0 Å². The van der Waals surface area contributed by atoms with Gasteiger partial charge in [0.1, 0.15) is 11.4 Å². The van der Waals surface area contributed by atoms with E-state index in [4.69, 9.17) is 9.15 Å². The number of amides is 1. The third-order valence-electron chi connectivity index (χ3n) is 6.07. The van der Waals surface area contributed by atoms with E-state index in [-0.39, 0.29) is 22.7 Å². The van der Waals surface area contributed by atoms with Gasteiger partial charge in [-0.25, -0.2) is 4.39 Å². The maximum Gasteiger partial charge on any atom is 0.290 e. The number of hydrogen-bond donors (Lipinski definition) is 0. The van der Waals surface area contributed by atoms with E-state index in [1.54, 1.807) is 35.2 Å². The van der Waals surface area contributed by atoms with Crippen LogP contribution >= 0.6 is 15.9 Å². The van der Waals surface area contributed by atoms with Crippen LogP contribution in [-0.4, -0.2) is 55.1 Å². The summed E-state index contributed by atoms with van der Waals surface area (Å²) in [6, 6.07) is 10.5. The minimum atomic E-state index is -0.683. The molecule has 5 rings (SSSR count). The molecule has 6 nitrogen and oxygen atoms in total. The molecule has 0 N–H and O–H groups in total. The summed E-state index contributed by atoms with van der Waals surface area (Å²) >= 11 is 3.39. The van der Waals surface area contributed by atoms with Crippen molar-refractivity contribution in [1.29, 1.82) is 0 Å². The molecule has 8 heteroatoms. The molecule has 3 heterocycles. The second-order valence-electron chi connectivity index (χ2n) is 8.08. The summed E-state index contributed by atoms with van der Waals surface area (Å²) < 4.78 is 26.2. The van der Waals surface area contributed by atoms with E-state index >= 15 is 0 Å². The number of halogens is 2. The molecule has 1 aromatic heterocycles. The Bertz CT molecular complexity index is 1240. The zero-order valence-electron chi connectivity index (χ0n) is 17.4. The predicted octanol–water partition coefficient (Wildman–Crippen LogP) is 3.96. The molecule has 2 aliphatic heterocycles. The van der Waals surface area contributed by atoms with Gasteiger partial charge in [-0.1, -0.05) is 28.1 Å². The first kappa shape index (κ1) is 21.3. The summed E-state index contributed by atoms with van der Waals surface area (Å²) in [4.78, 5) is 30.8. The van der Waals surface area contributed by atoms with Gasteiger partial charge in [-0.3, -0.25) is 14.5 Å². The lowest BCUT2D eigenvalue weighted by Gasteiger charge is -2.29. The lowest BCUT2D eigenvalue weighted by molar-refractivity contribution is 0.0353. The van der Waals surface area contributed by atoms with Crippen molar-refractivity contribution in [2.45, 2.75) is 12.5 Å². The van der Waals surface area contributed by atoms with Gasteiger partial charge < -0.3 is 14.1 Å². The molecule has 1 amide bonds. The van der Waals surface area contributed by atoms with Crippen molar-refractivity contribution in [2.75, 3.05) is 39.4 Å². The molecule has 0 aliphatic carbocycles. The first-order valence-corrected chi connectivity index (χ1v) is 11.4. The van der Waals surface area contributed by atoms with E-state index in [1.807, 2.05) is 0 Å². The van der Waals surface area contributed by atoms with Crippen LogP contribution in [0.5, 0.6) is 0 Å². The lowest BCUT2D eigenvalue weighted by atomic mass is 9.98. The zero-order valence-corrected chi connectivity index (χ0v) is 18.9. The Hall–Kier alpha value is -2.55. The smallest absolute Gasteiger partial charge is 0.290 e. The number of carbonyl (C=O) groups excluding carboxylic acids is 1. The van der Waals surface area contributed by atoms with Gasteiger partial charge in [-0.05, 0) is 42.3 Å². The number of carbonyl (C=O) groups is 1. The monoisotopic (exact) mass is 500 g/mol. The van der Waals surface area contributed by atoms with Crippen LogP contribution in [0.3, 0.4) is 0 Å². The predicted molar refractivity (Wildman–Crippen MR) is 121 cm³/mol. The van der Waals surface area contributed by atoms with Gasteiger partial charge in [0, 0.05) is 30.7 Å². The summed E-state index contributed by atoms with van der Waals surface area (Å²) in [5, 5.41) is 0.391. The lowest BCUT2D eigenvalue weighted by Crippen LogP contribution is -2.38. The Balaban J connectivity index is 1.54. The van der Waals surface area contributed by atoms with Crippen LogP contribution in [-0.2, 0) is 4.74 Å². The highest BCUT2D eigenvalue weighted by Gasteiger charge is 2.42. The van der Waals surface area contributed by atoms with E-state index < -0.39 is 11.9 Å². The topological polar surface area (TPSA) is 63.0 Å². The molecule has 0 spiro atoms. The highest BCUT2D eigenvalue weighted by Crippen LogP contribution is 2.38. The van der Waals surface area contributed by atoms with Crippen molar-refractivity contribution < 1.29 is 18.3 Å². The van der Waals surface area contributed by atoms with E-state index in [2.05, 4.69) is 20.8 Å². The van der Waals surface area contributed by atoms with Crippen molar-refractivity contribution in [3.63, 3.8) is 0 Å². The summed E-state index contributed by atoms with van der Waals surface area (Å²) in [5.41, 5.74) is 0.932. The highest BCUT2D eigenvalue weighted by atomic mass is 79.9. The zero-order chi connectivity index (χ0) is 22.2. The van der Waals surface area contributed by atoms with Gasteiger partial charge in [0.15, 0.2) is 5.43 Å². The number of hydrogen-bond acceptors (Lipinski definition) is 5. The number of rotatable bonds is 5. The van der Waals surface area contributed by atoms with Crippen LogP contribution in [0.1, 0.15) is 34.1 Å². The molecule has 1 saturated heterocycles.